The van der Waals surface area contributed by atoms with E-state index in [0.717, 1.165) is 24.3 Å². The van der Waals surface area contributed by atoms with Gasteiger partial charge in [0.25, 0.3) is 5.91 Å². The Labute approximate surface area is 149 Å². The molecule has 0 spiro atoms. The maximum Gasteiger partial charge on any atom is 0.262 e. The number of hydrogen-bond donors (Lipinski definition) is 1. The lowest BCUT2D eigenvalue weighted by Gasteiger charge is -2.20. The molecule has 7 heteroatoms. The first-order valence-corrected chi connectivity index (χ1v) is 10.2. The molecule has 0 aromatic heterocycles. The molecule has 1 aromatic carbocycles. The molecule has 1 fully saturated rings. The summed E-state index contributed by atoms with van der Waals surface area (Å²) in [5, 5.41) is 11.9. The van der Waals surface area contributed by atoms with Crippen LogP contribution in [-0.4, -0.2) is 45.0 Å². The quantitative estimate of drug-likeness (QED) is 0.616. The van der Waals surface area contributed by atoms with Gasteiger partial charge in [0.05, 0.1) is 11.5 Å². The van der Waals surface area contributed by atoms with E-state index in [1.54, 1.807) is 0 Å². The minimum absolute atomic E-state index is 0.0279. The van der Waals surface area contributed by atoms with Gasteiger partial charge in [0, 0.05) is 24.8 Å². The third kappa shape index (κ3) is 5.07. The monoisotopic (exact) mass is 361 g/mol. The second-order valence-corrected chi connectivity index (χ2v) is 8.24. The highest BCUT2D eigenvalue weighted by Crippen LogP contribution is 2.17. The number of amides is 1. The lowest BCUT2D eigenvalue weighted by Crippen LogP contribution is -2.36. The Balaban J connectivity index is 2.09. The van der Waals surface area contributed by atoms with Gasteiger partial charge in [0.15, 0.2) is 9.84 Å². The molecular formula is C18H23N3O3S. The molecule has 1 N–H and O–H groups in total. The lowest BCUT2D eigenvalue weighted by molar-refractivity contribution is -0.117. The molecule has 25 heavy (non-hydrogen) atoms. The van der Waals surface area contributed by atoms with E-state index in [4.69, 9.17) is 0 Å². The van der Waals surface area contributed by atoms with Crippen molar-refractivity contribution < 1.29 is 13.2 Å². The van der Waals surface area contributed by atoms with E-state index < -0.39 is 21.8 Å². The van der Waals surface area contributed by atoms with Crippen LogP contribution < -0.4 is 10.2 Å². The van der Waals surface area contributed by atoms with Gasteiger partial charge in [-0.15, -0.1) is 0 Å². The van der Waals surface area contributed by atoms with Gasteiger partial charge in [-0.2, -0.15) is 5.26 Å². The highest BCUT2D eigenvalue weighted by Gasteiger charge is 2.29. The third-order valence-electron chi connectivity index (χ3n) is 4.27. The molecule has 1 aliphatic heterocycles. The molecule has 1 atom stereocenters. The first-order chi connectivity index (χ1) is 11.9. The Morgan fingerprint density at radius 2 is 1.96 bits per heavy atom. The van der Waals surface area contributed by atoms with Crippen LogP contribution >= 0.6 is 0 Å². The van der Waals surface area contributed by atoms with Crippen LogP contribution in [0.2, 0.25) is 0 Å². The number of carbonyl (C=O) groups is 1. The molecule has 1 aromatic rings. The molecule has 1 unspecified atom stereocenters. The number of nitrogens with one attached hydrogen (secondary N) is 1. The topological polar surface area (TPSA) is 90.3 Å². The minimum atomic E-state index is -3.07. The number of benzene rings is 1. The van der Waals surface area contributed by atoms with Crippen molar-refractivity contribution in [3.63, 3.8) is 0 Å². The summed E-state index contributed by atoms with van der Waals surface area (Å²) < 4.78 is 22.9. The van der Waals surface area contributed by atoms with E-state index in [1.165, 1.54) is 6.08 Å². The van der Waals surface area contributed by atoms with Crippen LogP contribution in [0, 0.1) is 11.3 Å². The van der Waals surface area contributed by atoms with Crippen LogP contribution in [0.5, 0.6) is 0 Å². The second kappa shape index (κ2) is 8.17. The largest absolute Gasteiger partial charge is 0.372 e. The Bertz CT molecular complexity index is 788. The van der Waals surface area contributed by atoms with Gasteiger partial charge in [0.1, 0.15) is 11.6 Å². The van der Waals surface area contributed by atoms with E-state index in [9.17, 15) is 18.5 Å². The number of rotatable bonds is 6. The van der Waals surface area contributed by atoms with Crippen molar-refractivity contribution in [1.29, 1.82) is 5.26 Å². The number of nitrogens with zero attached hydrogens (tertiary/aromatic N) is 2. The number of hydrogen-bond acceptors (Lipinski definition) is 5. The molecule has 134 valence electrons. The zero-order chi connectivity index (χ0) is 18.4. The number of carbonyl (C=O) groups excluding carboxylic acids is 1. The third-order valence-corrected chi connectivity index (χ3v) is 6.03. The average Bonchev–Trinajstić information content (AvgIpc) is 2.93. The number of nitriles is 1. The maximum absolute atomic E-state index is 12.2. The summed E-state index contributed by atoms with van der Waals surface area (Å²) >= 11 is 0. The predicted molar refractivity (Wildman–Crippen MR) is 98.8 cm³/mol. The Hall–Kier alpha value is -2.33. The van der Waals surface area contributed by atoms with Gasteiger partial charge >= 0.3 is 0 Å². The fraction of sp³-hybridized carbons (Fsp3) is 0.444. The predicted octanol–water partition coefficient (Wildman–Crippen LogP) is 1.74. The molecular weight excluding hydrogens is 338 g/mol. The summed E-state index contributed by atoms with van der Waals surface area (Å²) in [5.74, 6) is -0.510. The fourth-order valence-corrected chi connectivity index (χ4v) is 4.53. The molecule has 1 aliphatic rings. The van der Waals surface area contributed by atoms with Crippen molar-refractivity contribution in [3.8, 4) is 6.07 Å². The van der Waals surface area contributed by atoms with E-state index in [1.807, 2.05) is 30.3 Å². The van der Waals surface area contributed by atoms with Crippen molar-refractivity contribution in [2.45, 2.75) is 26.3 Å². The SMILES string of the molecule is CCN(CC)c1ccc(/C=C(\C#N)C(=O)NC2CCS(=O)(=O)C2)cc1. The highest BCUT2D eigenvalue weighted by molar-refractivity contribution is 7.91. The zero-order valence-electron chi connectivity index (χ0n) is 14.5. The van der Waals surface area contributed by atoms with Crippen LogP contribution in [0.3, 0.4) is 0 Å². The van der Waals surface area contributed by atoms with Crippen LogP contribution in [0.15, 0.2) is 29.8 Å². The summed E-state index contributed by atoms with van der Waals surface area (Å²) in [6.07, 6.45) is 1.91. The van der Waals surface area contributed by atoms with Gasteiger partial charge in [-0.1, -0.05) is 12.1 Å². The fourth-order valence-electron chi connectivity index (χ4n) is 2.86. The van der Waals surface area contributed by atoms with E-state index in [-0.39, 0.29) is 17.1 Å². The summed E-state index contributed by atoms with van der Waals surface area (Å²) in [4.78, 5) is 14.4. The van der Waals surface area contributed by atoms with Crippen molar-refractivity contribution in [2.75, 3.05) is 29.5 Å². The van der Waals surface area contributed by atoms with Crippen molar-refractivity contribution in [2.24, 2.45) is 0 Å². The molecule has 1 amide bonds. The summed E-state index contributed by atoms with van der Waals surface area (Å²) in [5.41, 5.74) is 1.81. The molecule has 0 aliphatic carbocycles. The smallest absolute Gasteiger partial charge is 0.262 e. The Morgan fingerprint density at radius 3 is 2.44 bits per heavy atom. The van der Waals surface area contributed by atoms with Crippen molar-refractivity contribution in [3.05, 3.63) is 35.4 Å². The molecule has 0 bridgehead atoms. The van der Waals surface area contributed by atoms with Crippen molar-refractivity contribution >= 4 is 27.5 Å². The standard InChI is InChI=1S/C18H23N3O3S/c1-3-21(4-2)17-7-5-14(6-8-17)11-15(12-19)18(22)20-16-9-10-25(23,24)13-16/h5-8,11,16H,3-4,9-10,13H2,1-2H3,(H,20,22)/b15-11+. The summed E-state index contributed by atoms with van der Waals surface area (Å²) in [6.45, 7) is 5.97. The average molecular weight is 361 g/mol. The Morgan fingerprint density at radius 1 is 1.32 bits per heavy atom. The first kappa shape index (κ1) is 19.0. The number of anilines is 1. The molecule has 0 radical (unpaired) electrons. The molecule has 2 rings (SSSR count). The van der Waals surface area contributed by atoms with Crippen LogP contribution in [0.4, 0.5) is 5.69 Å². The summed E-state index contributed by atoms with van der Waals surface area (Å²) in [6, 6.07) is 9.10. The second-order valence-electron chi connectivity index (χ2n) is 6.01. The van der Waals surface area contributed by atoms with Gasteiger partial charge in [-0.3, -0.25) is 4.79 Å². The molecule has 0 saturated carbocycles. The van der Waals surface area contributed by atoms with Gasteiger partial charge in [-0.05, 0) is 44.0 Å². The normalized spacial score (nSPS) is 19.2. The first-order valence-electron chi connectivity index (χ1n) is 8.36. The van der Waals surface area contributed by atoms with Gasteiger partial charge in [0.2, 0.25) is 0 Å². The summed E-state index contributed by atoms with van der Waals surface area (Å²) in [7, 11) is -3.07. The maximum atomic E-state index is 12.2. The van der Waals surface area contributed by atoms with Crippen LogP contribution in [-0.2, 0) is 14.6 Å². The van der Waals surface area contributed by atoms with E-state index in [2.05, 4.69) is 24.1 Å². The molecule has 1 saturated heterocycles. The van der Waals surface area contributed by atoms with Crippen molar-refractivity contribution in [1.82, 2.24) is 5.32 Å². The van der Waals surface area contributed by atoms with Crippen LogP contribution in [0.1, 0.15) is 25.8 Å². The van der Waals surface area contributed by atoms with E-state index in [0.29, 0.717) is 6.42 Å². The Kier molecular flexibility index (Phi) is 6.21. The van der Waals surface area contributed by atoms with Gasteiger partial charge < -0.3 is 10.2 Å². The lowest BCUT2D eigenvalue weighted by atomic mass is 10.1. The zero-order valence-corrected chi connectivity index (χ0v) is 15.3. The van der Waals surface area contributed by atoms with E-state index >= 15 is 0 Å². The number of sulfone groups is 1. The highest BCUT2D eigenvalue weighted by atomic mass is 32.2. The molecule has 1 heterocycles. The minimum Gasteiger partial charge on any atom is -0.372 e. The molecule has 6 nitrogen and oxygen atoms in total. The van der Waals surface area contributed by atoms with Crippen LogP contribution in [0.25, 0.3) is 6.08 Å². The van der Waals surface area contributed by atoms with Gasteiger partial charge in [-0.25, -0.2) is 8.42 Å².